The van der Waals surface area contributed by atoms with E-state index in [4.69, 9.17) is 4.98 Å². The maximum absolute atomic E-state index is 14.1. The van der Waals surface area contributed by atoms with Gasteiger partial charge >= 0.3 is 6.36 Å². The van der Waals surface area contributed by atoms with Crippen molar-refractivity contribution in [3.05, 3.63) is 112 Å². The SMILES string of the molecule is CC1C=C[C@@H](C)N1CCC(C(=O)Cc1ccc(OC(F)(F)F)cc1)[C@H](C)c1nc2ccccc2c(=O)n1-c1ccc(C#N)cc1. The molecule has 0 saturated carbocycles. The van der Waals surface area contributed by atoms with Gasteiger partial charge in [0.1, 0.15) is 17.4 Å². The van der Waals surface area contributed by atoms with Crippen molar-refractivity contribution in [1.29, 1.82) is 5.26 Å². The number of halogens is 3. The molecule has 0 aliphatic carbocycles. The summed E-state index contributed by atoms with van der Waals surface area (Å²) in [5, 5.41) is 9.73. The smallest absolute Gasteiger partial charge is 0.406 e. The Morgan fingerprint density at radius 3 is 2.27 bits per heavy atom. The average molecular weight is 615 g/mol. The van der Waals surface area contributed by atoms with E-state index < -0.39 is 18.2 Å². The predicted octanol–water partition coefficient (Wildman–Crippen LogP) is 6.73. The third-order valence-electron chi connectivity index (χ3n) is 8.43. The molecule has 0 bridgehead atoms. The van der Waals surface area contributed by atoms with Gasteiger partial charge in [-0.1, -0.05) is 43.3 Å². The van der Waals surface area contributed by atoms with E-state index in [1.165, 1.54) is 28.8 Å². The summed E-state index contributed by atoms with van der Waals surface area (Å²) in [5.74, 6) is -1.15. The van der Waals surface area contributed by atoms with Gasteiger partial charge < -0.3 is 4.74 Å². The molecule has 1 aromatic heterocycles. The van der Waals surface area contributed by atoms with Gasteiger partial charge in [-0.25, -0.2) is 4.98 Å². The summed E-state index contributed by atoms with van der Waals surface area (Å²) in [5.41, 5.74) is 1.73. The van der Waals surface area contributed by atoms with Gasteiger partial charge in [-0.3, -0.25) is 19.1 Å². The van der Waals surface area contributed by atoms with Crippen LogP contribution in [0.15, 0.2) is 89.7 Å². The number of rotatable bonds is 10. The monoisotopic (exact) mass is 614 g/mol. The van der Waals surface area contributed by atoms with E-state index in [1.807, 2.05) is 6.92 Å². The minimum atomic E-state index is -4.81. The zero-order valence-corrected chi connectivity index (χ0v) is 25.2. The summed E-state index contributed by atoms with van der Waals surface area (Å²) in [6, 6.07) is 21.4. The molecule has 5 rings (SSSR count). The molecule has 2 heterocycles. The van der Waals surface area contributed by atoms with Gasteiger partial charge in [-0.15, -0.1) is 13.2 Å². The zero-order valence-electron chi connectivity index (χ0n) is 25.2. The molecule has 4 atom stereocenters. The van der Waals surface area contributed by atoms with Crippen LogP contribution in [-0.2, 0) is 11.2 Å². The van der Waals surface area contributed by atoms with Crippen LogP contribution >= 0.6 is 0 Å². The molecule has 0 fully saturated rings. The summed E-state index contributed by atoms with van der Waals surface area (Å²) in [7, 11) is 0. The van der Waals surface area contributed by atoms with Gasteiger partial charge in [0, 0.05) is 36.9 Å². The van der Waals surface area contributed by atoms with E-state index in [2.05, 4.69) is 41.7 Å². The number of benzene rings is 3. The van der Waals surface area contributed by atoms with E-state index in [-0.39, 0.29) is 35.6 Å². The molecule has 4 aromatic rings. The molecule has 0 spiro atoms. The van der Waals surface area contributed by atoms with E-state index in [0.717, 1.165) is 0 Å². The summed E-state index contributed by atoms with van der Waals surface area (Å²) >= 11 is 0. The van der Waals surface area contributed by atoms with Gasteiger partial charge in [-0.2, -0.15) is 5.26 Å². The third-order valence-corrected chi connectivity index (χ3v) is 8.43. The van der Waals surface area contributed by atoms with Crippen LogP contribution in [-0.4, -0.2) is 45.2 Å². The number of aromatic nitrogens is 2. The first-order chi connectivity index (χ1) is 21.4. The van der Waals surface area contributed by atoms with Crippen LogP contribution in [0.25, 0.3) is 16.6 Å². The lowest BCUT2D eigenvalue weighted by molar-refractivity contribution is -0.274. The second kappa shape index (κ2) is 13.1. The Morgan fingerprint density at radius 1 is 1.00 bits per heavy atom. The molecule has 0 N–H and O–H groups in total. The summed E-state index contributed by atoms with van der Waals surface area (Å²) in [6.07, 6.45) is -0.0962. The minimum Gasteiger partial charge on any atom is -0.406 e. The highest BCUT2D eigenvalue weighted by atomic mass is 19.4. The summed E-state index contributed by atoms with van der Waals surface area (Å²) < 4.78 is 43.5. The molecular formula is C35H33F3N4O3. The first-order valence-corrected chi connectivity index (χ1v) is 14.8. The van der Waals surface area contributed by atoms with Gasteiger partial charge in [0.25, 0.3) is 5.56 Å². The molecule has 0 radical (unpaired) electrons. The second-order valence-corrected chi connectivity index (χ2v) is 11.4. The van der Waals surface area contributed by atoms with Crippen molar-refractivity contribution >= 4 is 16.7 Å². The van der Waals surface area contributed by atoms with Gasteiger partial charge in [0.2, 0.25) is 0 Å². The van der Waals surface area contributed by atoms with Crippen molar-refractivity contribution in [3.63, 3.8) is 0 Å². The predicted molar refractivity (Wildman–Crippen MR) is 165 cm³/mol. The molecule has 0 amide bonds. The van der Waals surface area contributed by atoms with E-state index in [0.29, 0.717) is 46.5 Å². The highest BCUT2D eigenvalue weighted by Gasteiger charge is 2.33. The summed E-state index contributed by atoms with van der Waals surface area (Å²) in [4.78, 5) is 35.2. The van der Waals surface area contributed by atoms with Crippen molar-refractivity contribution in [2.24, 2.45) is 5.92 Å². The quantitative estimate of drug-likeness (QED) is 0.184. The van der Waals surface area contributed by atoms with E-state index in [1.54, 1.807) is 48.5 Å². The Balaban J connectivity index is 1.54. The Labute approximate surface area is 259 Å². The Morgan fingerprint density at radius 2 is 1.64 bits per heavy atom. The number of ether oxygens (including phenoxy) is 1. The number of hydrogen-bond acceptors (Lipinski definition) is 6. The largest absolute Gasteiger partial charge is 0.573 e. The third kappa shape index (κ3) is 7.15. The normalized spacial score (nSPS) is 18.1. The number of fused-ring (bicyclic) bond motifs is 1. The maximum Gasteiger partial charge on any atom is 0.573 e. The molecule has 45 heavy (non-hydrogen) atoms. The average Bonchev–Trinajstić information content (AvgIpc) is 3.33. The number of alkyl halides is 3. The molecule has 3 aromatic carbocycles. The fraction of sp³-hybridized carbons (Fsp3) is 0.314. The van der Waals surface area contributed by atoms with Crippen LogP contribution < -0.4 is 10.3 Å². The molecule has 232 valence electrons. The first kappa shape index (κ1) is 31.7. The number of carbonyl (C=O) groups is 1. The standard InChI is InChI=1S/C35H33F3N4O3/c1-22-8-9-23(2)41(22)19-18-29(32(43)20-25-12-16-28(17-13-25)45-35(36,37)38)24(3)33-40-31-7-5-4-6-30(31)34(44)42(33)27-14-10-26(21-39)11-15-27/h4-17,22-24,29H,18-20H2,1-3H3/t22-,23?,24+,29?/m1/s1. The zero-order chi connectivity index (χ0) is 32.3. The van der Waals surface area contributed by atoms with Crippen LogP contribution in [0, 0.1) is 17.2 Å². The van der Waals surface area contributed by atoms with Crippen molar-refractivity contribution in [2.45, 2.75) is 58.0 Å². The van der Waals surface area contributed by atoms with Crippen molar-refractivity contribution in [2.75, 3.05) is 6.54 Å². The lowest BCUT2D eigenvalue weighted by atomic mass is 9.83. The molecule has 7 nitrogen and oxygen atoms in total. The Hall–Kier alpha value is -4.75. The summed E-state index contributed by atoms with van der Waals surface area (Å²) in [6.45, 7) is 6.69. The number of nitriles is 1. The lowest BCUT2D eigenvalue weighted by Crippen LogP contribution is -2.37. The number of carbonyl (C=O) groups excluding carboxylic acids is 1. The van der Waals surface area contributed by atoms with E-state index >= 15 is 0 Å². The lowest BCUT2D eigenvalue weighted by Gasteiger charge is -2.30. The van der Waals surface area contributed by atoms with Crippen molar-refractivity contribution in [3.8, 4) is 17.5 Å². The fourth-order valence-electron chi connectivity index (χ4n) is 6.01. The minimum absolute atomic E-state index is 0.0145. The van der Waals surface area contributed by atoms with E-state index in [9.17, 15) is 28.0 Å². The highest BCUT2D eigenvalue weighted by Crippen LogP contribution is 2.32. The number of para-hydroxylation sites is 1. The Bertz CT molecular complexity index is 1800. The molecule has 0 saturated heterocycles. The number of ketones is 1. The number of hydrogen-bond donors (Lipinski definition) is 0. The van der Waals surface area contributed by atoms with Crippen molar-refractivity contribution in [1.82, 2.24) is 14.5 Å². The van der Waals surface area contributed by atoms with Crippen LogP contribution in [0.5, 0.6) is 5.75 Å². The van der Waals surface area contributed by atoms with Gasteiger partial charge in [0.05, 0.1) is 28.2 Å². The Kier molecular flexibility index (Phi) is 9.21. The number of Topliss-reactive ketones (excluding diaryl/α,β-unsaturated/α-hetero) is 1. The fourth-order valence-corrected chi connectivity index (χ4v) is 6.01. The topological polar surface area (TPSA) is 88.2 Å². The highest BCUT2D eigenvalue weighted by molar-refractivity contribution is 5.84. The van der Waals surface area contributed by atoms with Gasteiger partial charge in [0.15, 0.2) is 0 Å². The van der Waals surface area contributed by atoms with Crippen LogP contribution in [0.1, 0.15) is 50.1 Å². The van der Waals surface area contributed by atoms with Gasteiger partial charge in [-0.05, 0) is 74.4 Å². The molecule has 1 aliphatic rings. The second-order valence-electron chi connectivity index (χ2n) is 11.4. The molecule has 10 heteroatoms. The van der Waals surface area contributed by atoms with Crippen molar-refractivity contribution < 1.29 is 22.7 Å². The maximum atomic E-state index is 14.1. The number of nitrogens with zero attached hydrogens (tertiary/aromatic N) is 4. The first-order valence-electron chi connectivity index (χ1n) is 14.8. The van der Waals surface area contributed by atoms with Crippen LogP contribution in [0.4, 0.5) is 13.2 Å². The molecule has 2 unspecified atom stereocenters. The van der Waals surface area contributed by atoms with Crippen LogP contribution in [0.3, 0.4) is 0 Å². The van der Waals surface area contributed by atoms with Crippen LogP contribution in [0.2, 0.25) is 0 Å². The molecule has 1 aliphatic heterocycles. The molecular weight excluding hydrogens is 581 g/mol.